The van der Waals surface area contributed by atoms with Crippen LogP contribution in [0.15, 0.2) is 0 Å². The molecule has 0 aromatic heterocycles. The lowest BCUT2D eigenvalue weighted by Gasteiger charge is -2.28. The van der Waals surface area contributed by atoms with E-state index in [0.717, 1.165) is 25.9 Å². The fourth-order valence-electron chi connectivity index (χ4n) is 2.81. The number of nitrogens with zero attached hydrogens (tertiary/aromatic N) is 3. The summed E-state index contributed by atoms with van der Waals surface area (Å²) in [5.74, 6) is -1.04. The zero-order valence-electron chi connectivity index (χ0n) is 11.7. The highest BCUT2D eigenvalue weighted by atomic mass is 16.4. The van der Waals surface area contributed by atoms with Crippen molar-refractivity contribution in [1.82, 2.24) is 14.7 Å². The van der Waals surface area contributed by atoms with Crippen molar-refractivity contribution in [3.05, 3.63) is 0 Å². The summed E-state index contributed by atoms with van der Waals surface area (Å²) >= 11 is 0. The van der Waals surface area contributed by atoms with E-state index >= 15 is 0 Å². The van der Waals surface area contributed by atoms with E-state index in [4.69, 9.17) is 5.11 Å². The fourth-order valence-corrected chi connectivity index (χ4v) is 2.81. The van der Waals surface area contributed by atoms with Crippen LogP contribution >= 0.6 is 0 Å². The third kappa shape index (κ3) is 3.02. The average molecular weight is 283 g/mol. The fraction of sp³-hybridized carbons (Fsp3) is 0.769. The number of hydrogen-bond acceptors (Lipinski definition) is 3. The van der Waals surface area contributed by atoms with Crippen molar-refractivity contribution >= 4 is 17.9 Å². The Bertz CT molecular complexity index is 406. The molecule has 1 N–H and O–H groups in total. The molecule has 20 heavy (non-hydrogen) atoms. The van der Waals surface area contributed by atoms with E-state index in [1.165, 1.54) is 9.80 Å². The van der Waals surface area contributed by atoms with E-state index in [9.17, 15) is 14.4 Å². The number of carbonyl (C=O) groups excluding carboxylic acids is 2. The maximum Gasteiger partial charge on any atom is 0.326 e. The predicted molar refractivity (Wildman–Crippen MR) is 71.2 cm³/mol. The number of likely N-dealkylation sites (tertiary alicyclic amines) is 2. The molecule has 7 heteroatoms. The largest absolute Gasteiger partial charge is 0.480 e. The Morgan fingerprint density at radius 2 is 1.80 bits per heavy atom. The van der Waals surface area contributed by atoms with Gasteiger partial charge in [0, 0.05) is 26.7 Å². The standard InChI is InChI=1S/C13H21N3O4/c1-14(9-11(17)15-6-2-3-7-15)13(20)16-8-4-5-10(16)12(18)19/h10H,2-9H2,1H3,(H,18,19)/t10-/m1/s1. The lowest BCUT2D eigenvalue weighted by molar-refractivity contribution is -0.141. The van der Waals surface area contributed by atoms with Crippen LogP contribution in [0.2, 0.25) is 0 Å². The van der Waals surface area contributed by atoms with E-state index in [-0.39, 0.29) is 18.5 Å². The van der Waals surface area contributed by atoms with Gasteiger partial charge in [0.15, 0.2) is 0 Å². The molecule has 2 aliphatic rings. The van der Waals surface area contributed by atoms with Crippen LogP contribution in [0.4, 0.5) is 4.79 Å². The first-order chi connectivity index (χ1) is 9.50. The Labute approximate surface area is 118 Å². The third-order valence-electron chi connectivity index (χ3n) is 3.94. The highest BCUT2D eigenvalue weighted by Gasteiger charge is 2.36. The molecule has 1 atom stereocenters. The maximum atomic E-state index is 12.2. The number of amides is 3. The van der Waals surface area contributed by atoms with Gasteiger partial charge in [-0.1, -0.05) is 0 Å². The highest BCUT2D eigenvalue weighted by Crippen LogP contribution is 2.19. The summed E-state index contributed by atoms with van der Waals surface area (Å²) in [6.45, 7) is 1.96. The summed E-state index contributed by atoms with van der Waals surface area (Å²) in [5.41, 5.74) is 0. The Morgan fingerprint density at radius 1 is 1.15 bits per heavy atom. The first kappa shape index (κ1) is 14.6. The van der Waals surface area contributed by atoms with Crippen LogP contribution in [0.3, 0.4) is 0 Å². The van der Waals surface area contributed by atoms with Gasteiger partial charge < -0.3 is 19.8 Å². The Kier molecular flexibility index (Phi) is 4.46. The van der Waals surface area contributed by atoms with Crippen LogP contribution in [-0.4, -0.2) is 77.0 Å². The van der Waals surface area contributed by atoms with Gasteiger partial charge in [0.1, 0.15) is 12.6 Å². The van der Waals surface area contributed by atoms with Gasteiger partial charge in [-0.05, 0) is 25.7 Å². The molecule has 2 aliphatic heterocycles. The molecule has 0 saturated carbocycles. The molecule has 0 spiro atoms. The van der Waals surface area contributed by atoms with Gasteiger partial charge in [0.05, 0.1) is 0 Å². The Balaban J connectivity index is 1.91. The maximum absolute atomic E-state index is 12.2. The van der Waals surface area contributed by atoms with Crippen molar-refractivity contribution in [1.29, 1.82) is 0 Å². The first-order valence-electron chi connectivity index (χ1n) is 7.03. The van der Waals surface area contributed by atoms with Gasteiger partial charge in [0.25, 0.3) is 0 Å². The molecule has 7 nitrogen and oxygen atoms in total. The van der Waals surface area contributed by atoms with Crippen LogP contribution in [-0.2, 0) is 9.59 Å². The van der Waals surface area contributed by atoms with E-state index in [1.54, 1.807) is 11.9 Å². The number of rotatable bonds is 3. The van der Waals surface area contributed by atoms with Crippen molar-refractivity contribution in [2.24, 2.45) is 0 Å². The molecule has 2 fully saturated rings. The number of carboxylic acid groups (broad SMARTS) is 1. The molecule has 2 saturated heterocycles. The minimum Gasteiger partial charge on any atom is -0.480 e. The second-order valence-electron chi connectivity index (χ2n) is 5.42. The smallest absolute Gasteiger partial charge is 0.326 e. The third-order valence-corrected chi connectivity index (χ3v) is 3.94. The summed E-state index contributed by atoms with van der Waals surface area (Å²) in [6.07, 6.45) is 3.19. The molecular weight excluding hydrogens is 262 g/mol. The normalized spacial score (nSPS) is 22.1. The quantitative estimate of drug-likeness (QED) is 0.803. The van der Waals surface area contributed by atoms with Crippen LogP contribution < -0.4 is 0 Å². The van der Waals surface area contributed by atoms with Crippen LogP contribution in [0, 0.1) is 0 Å². The van der Waals surface area contributed by atoms with E-state index < -0.39 is 12.0 Å². The number of hydrogen-bond donors (Lipinski definition) is 1. The first-order valence-corrected chi connectivity index (χ1v) is 7.03. The molecule has 0 bridgehead atoms. The second kappa shape index (κ2) is 6.11. The van der Waals surface area contributed by atoms with Gasteiger partial charge in [-0.15, -0.1) is 0 Å². The van der Waals surface area contributed by atoms with Crippen molar-refractivity contribution in [2.75, 3.05) is 33.2 Å². The average Bonchev–Trinajstić information content (AvgIpc) is 3.08. The van der Waals surface area contributed by atoms with Crippen LogP contribution in [0.5, 0.6) is 0 Å². The minimum absolute atomic E-state index is 0.0155. The monoisotopic (exact) mass is 283 g/mol. The zero-order chi connectivity index (χ0) is 14.7. The number of aliphatic carboxylic acids is 1. The van der Waals surface area contributed by atoms with Crippen molar-refractivity contribution in [3.63, 3.8) is 0 Å². The minimum atomic E-state index is -0.977. The summed E-state index contributed by atoms with van der Waals surface area (Å²) in [4.78, 5) is 39.7. The molecule has 2 heterocycles. The van der Waals surface area contributed by atoms with Crippen molar-refractivity contribution in [3.8, 4) is 0 Å². The molecule has 0 radical (unpaired) electrons. The van der Waals surface area contributed by atoms with Crippen LogP contribution in [0.25, 0.3) is 0 Å². The molecule has 3 amide bonds. The molecule has 112 valence electrons. The summed E-state index contributed by atoms with van der Waals surface area (Å²) in [7, 11) is 1.55. The van der Waals surface area contributed by atoms with E-state index in [2.05, 4.69) is 0 Å². The van der Waals surface area contributed by atoms with Gasteiger partial charge >= 0.3 is 12.0 Å². The molecule has 2 rings (SSSR count). The molecular formula is C13H21N3O4. The van der Waals surface area contributed by atoms with Gasteiger partial charge in [-0.3, -0.25) is 4.79 Å². The topological polar surface area (TPSA) is 81.2 Å². The number of carboxylic acids is 1. The summed E-state index contributed by atoms with van der Waals surface area (Å²) in [5, 5.41) is 9.08. The summed E-state index contributed by atoms with van der Waals surface area (Å²) in [6, 6.07) is -1.13. The Hall–Kier alpha value is -1.79. The number of likely N-dealkylation sites (N-methyl/N-ethyl adjacent to an activating group) is 1. The predicted octanol–water partition coefficient (Wildman–Crippen LogP) is 0.210. The van der Waals surface area contributed by atoms with Gasteiger partial charge in [-0.2, -0.15) is 0 Å². The molecule has 0 aromatic rings. The number of urea groups is 1. The van der Waals surface area contributed by atoms with Gasteiger partial charge in [-0.25, -0.2) is 9.59 Å². The van der Waals surface area contributed by atoms with E-state index in [0.29, 0.717) is 19.4 Å². The lowest BCUT2D eigenvalue weighted by atomic mass is 10.2. The number of carbonyl (C=O) groups is 3. The second-order valence-corrected chi connectivity index (χ2v) is 5.42. The summed E-state index contributed by atoms with van der Waals surface area (Å²) < 4.78 is 0. The van der Waals surface area contributed by atoms with Gasteiger partial charge in [0.2, 0.25) is 5.91 Å². The van der Waals surface area contributed by atoms with E-state index in [1.807, 2.05) is 0 Å². The molecule has 0 unspecified atom stereocenters. The highest BCUT2D eigenvalue weighted by molar-refractivity contribution is 5.87. The van der Waals surface area contributed by atoms with Crippen molar-refractivity contribution < 1.29 is 19.5 Å². The van der Waals surface area contributed by atoms with Crippen LogP contribution in [0.1, 0.15) is 25.7 Å². The lowest BCUT2D eigenvalue weighted by Crippen LogP contribution is -2.49. The molecule has 0 aliphatic carbocycles. The molecule has 0 aromatic carbocycles. The zero-order valence-corrected chi connectivity index (χ0v) is 11.7. The van der Waals surface area contributed by atoms with Crippen molar-refractivity contribution in [2.45, 2.75) is 31.7 Å². The SMILES string of the molecule is CN(CC(=O)N1CCCC1)C(=O)N1CCC[C@@H]1C(=O)O. The Morgan fingerprint density at radius 3 is 2.40 bits per heavy atom.